The van der Waals surface area contributed by atoms with Crippen molar-refractivity contribution in [3.63, 3.8) is 0 Å². The van der Waals surface area contributed by atoms with E-state index in [0.717, 1.165) is 4.85 Å². The summed E-state index contributed by atoms with van der Waals surface area (Å²) in [5.41, 5.74) is 0.548. The number of nitro groups is 1. The van der Waals surface area contributed by atoms with Crippen molar-refractivity contribution in [2.45, 2.75) is 34.1 Å². The average molecular weight is 412 g/mol. The maximum absolute atomic E-state index is 12.2. The van der Waals surface area contributed by atoms with E-state index >= 15 is 0 Å². The molecule has 0 saturated heterocycles. The van der Waals surface area contributed by atoms with Gasteiger partial charge in [-0.1, -0.05) is 11.8 Å². The summed E-state index contributed by atoms with van der Waals surface area (Å²) in [7, 11) is 0. The Bertz CT molecular complexity index is 1090. The van der Waals surface area contributed by atoms with Gasteiger partial charge in [-0.15, -0.1) is 5.10 Å². The molecule has 0 aliphatic heterocycles. The van der Waals surface area contributed by atoms with Crippen LogP contribution in [0.2, 0.25) is 0 Å². The third-order valence-corrected chi connectivity index (χ3v) is 4.52. The number of carbonyl (C=O) groups excluding carboxylic acids is 1. The standard InChI is InChI=1S/C19H20N6O5/c1-5-19(3,4)18(26)30-24-11-15(22-23-24)14-10-13(8-9-20-14)29-16-6-7-17(25(27)28)21-12(16)2/h6-11H,5H2,1-4H3. The van der Waals surface area contributed by atoms with Gasteiger partial charge in [-0.25, -0.2) is 4.79 Å². The van der Waals surface area contributed by atoms with E-state index in [4.69, 9.17) is 9.57 Å². The summed E-state index contributed by atoms with van der Waals surface area (Å²) in [6.45, 7) is 7.07. The highest BCUT2D eigenvalue weighted by molar-refractivity contribution is 5.76. The first-order valence-electron chi connectivity index (χ1n) is 9.11. The van der Waals surface area contributed by atoms with Crippen LogP contribution in [0.5, 0.6) is 11.5 Å². The van der Waals surface area contributed by atoms with Crippen LogP contribution in [0.3, 0.4) is 0 Å². The Kier molecular flexibility index (Phi) is 5.72. The van der Waals surface area contributed by atoms with Gasteiger partial charge in [0, 0.05) is 25.3 Å². The van der Waals surface area contributed by atoms with Crippen molar-refractivity contribution in [1.29, 1.82) is 0 Å². The molecule has 156 valence electrons. The van der Waals surface area contributed by atoms with Gasteiger partial charge in [0.05, 0.1) is 17.3 Å². The molecule has 3 heterocycles. The second-order valence-corrected chi connectivity index (χ2v) is 7.11. The Labute approximate surface area is 171 Å². The zero-order valence-corrected chi connectivity index (χ0v) is 16.9. The van der Waals surface area contributed by atoms with E-state index < -0.39 is 16.3 Å². The largest absolute Gasteiger partial charge is 0.453 e. The highest BCUT2D eigenvalue weighted by Gasteiger charge is 2.28. The third-order valence-electron chi connectivity index (χ3n) is 4.52. The molecule has 3 aromatic heterocycles. The third kappa shape index (κ3) is 4.57. The first-order valence-corrected chi connectivity index (χ1v) is 9.11. The molecule has 0 saturated carbocycles. The molecule has 0 atom stereocenters. The SMILES string of the molecule is CCC(C)(C)C(=O)On1cc(-c2cc(Oc3ccc([N+](=O)[O-])nc3C)ccn2)nn1. The van der Waals surface area contributed by atoms with Gasteiger partial charge in [0.2, 0.25) is 0 Å². The minimum atomic E-state index is -0.644. The molecule has 0 aliphatic rings. The lowest BCUT2D eigenvalue weighted by Gasteiger charge is -2.18. The van der Waals surface area contributed by atoms with E-state index in [9.17, 15) is 14.9 Å². The fourth-order valence-corrected chi connectivity index (χ4v) is 2.25. The van der Waals surface area contributed by atoms with Crippen LogP contribution in [0.4, 0.5) is 5.82 Å². The highest BCUT2D eigenvalue weighted by Crippen LogP contribution is 2.28. The number of carbonyl (C=O) groups is 1. The second kappa shape index (κ2) is 8.23. The van der Waals surface area contributed by atoms with E-state index in [2.05, 4.69) is 20.3 Å². The Balaban J connectivity index is 1.77. The van der Waals surface area contributed by atoms with E-state index in [0.29, 0.717) is 35.0 Å². The minimum absolute atomic E-state index is 0.257. The Hall–Kier alpha value is -3.89. The van der Waals surface area contributed by atoms with Crippen molar-refractivity contribution >= 4 is 11.8 Å². The number of hydrogen-bond donors (Lipinski definition) is 0. The molecule has 0 amide bonds. The van der Waals surface area contributed by atoms with Gasteiger partial charge in [-0.2, -0.15) is 0 Å². The number of hydrogen-bond acceptors (Lipinski definition) is 9. The smallest absolute Gasteiger partial charge is 0.363 e. The van der Waals surface area contributed by atoms with Gasteiger partial charge in [-0.05, 0) is 47.5 Å². The molecule has 0 radical (unpaired) electrons. The van der Waals surface area contributed by atoms with Crippen LogP contribution in [0.1, 0.15) is 32.9 Å². The molecule has 0 bridgehead atoms. The van der Waals surface area contributed by atoms with Crippen LogP contribution in [-0.4, -0.2) is 36.0 Å². The zero-order valence-electron chi connectivity index (χ0n) is 16.9. The number of nitrogens with zero attached hydrogens (tertiary/aromatic N) is 6. The molecule has 0 spiro atoms. The van der Waals surface area contributed by atoms with Gasteiger partial charge in [0.1, 0.15) is 11.4 Å². The Morgan fingerprint density at radius 3 is 2.70 bits per heavy atom. The van der Waals surface area contributed by atoms with E-state index in [-0.39, 0.29) is 5.82 Å². The summed E-state index contributed by atoms with van der Waals surface area (Å²) in [5.74, 6) is 0.120. The van der Waals surface area contributed by atoms with Crippen LogP contribution in [0.25, 0.3) is 11.4 Å². The van der Waals surface area contributed by atoms with Crippen molar-refractivity contribution in [1.82, 2.24) is 25.1 Å². The van der Waals surface area contributed by atoms with Gasteiger partial charge >= 0.3 is 11.8 Å². The Morgan fingerprint density at radius 1 is 1.27 bits per heavy atom. The van der Waals surface area contributed by atoms with Crippen LogP contribution in [0, 0.1) is 22.5 Å². The second-order valence-electron chi connectivity index (χ2n) is 7.11. The number of rotatable bonds is 7. The van der Waals surface area contributed by atoms with Crippen LogP contribution < -0.4 is 9.57 Å². The van der Waals surface area contributed by atoms with E-state index in [1.54, 1.807) is 32.9 Å². The van der Waals surface area contributed by atoms with E-state index in [1.165, 1.54) is 24.5 Å². The molecule has 0 aromatic carbocycles. The van der Waals surface area contributed by atoms with Crippen molar-refractivity contribution in [3.8, 4) is 22.9 Å². The fourth-order valence-electron chi connectivity index (χ4n) is 2.25. The quantitative estimate of drug-likeness (QED) is 0.326. The lowest BCUT2D eigenvalue weighted by atomic mass is 9.91. The summed E-state index contributed by atoms with van der Waals surface area (Å²) >= 11 is 0. The summed E-state index contributed by atoms with van der Waals surface area (Å²) < 4.78 is 5.77. The molecular formula is C19H20N6O5. The number of ether oxygens (including phenoxy) is 1. The van der Waals surface area contributed by atoms with Gasteiger partial charge < -0.3 is 19.7 Å². The summed E-state index contributed by atoms with van der Waals surface area (Å²) in [6, 6.07) is 5.99. The average Bonchev–Trinajstić information content (AvgIpc) is 3.18. The van der Waals surface area contributed by atoms with Crippen molar-refractivity contribution in [3.05, 3.63) is 52.5 Å². The zero-order chi connectivity index (χ0) is 21.9. The molecule has 11 heteroatoms. The summed E-state index contributed by atoms with van der Waals surface area (Å²) in [5, 5.41) is 18.6. The lowest BCUT2D eigenvalue weighted by Crippen LogP contribution is -2.33. The summed E-state index contributed by atoms with van der Waals surface area (Å²) in [6.07, 6.45) is 3.57. The Morgan fingerprint density at radius 2 is 2.03 bits per heavy atom. The number of pyridine rings is 2. The van der Waals surface area contributed by atoms with Gasteiger partial charge in [0.25, 0.3) is 0 Å². The summed E-state index contributed by atoms with van der Waals surface area (Å²) in [4.78, 5) is 36.8. The normalized spacial score (nSPS) is 11.2. The molecular weight excluding hydrogens is 392 g/mol. The van der Waals surface area contributed by atoms with Gasteiger partial charge in [-0.3, -0.25) is 4.98 Å². The van der Waals surface area contributed by atoms with Crippen LogP contribution in [0.15, 0.2) is 36.7 Å². The molecule has 3 aromatic rings. The maximum atomic E-state index is 12.2. The number of aryl methyl sites for hydroxylation is 1. The van der Waals surface area contributed by atoms with Gasteiger partial charge in [0.15, 0.2) is 11.4 Å². The van der Waals surface area contributed by atoms with Crippen LogP contribution >= 0.6 is 0 Å². The van der Waals surface area contributed by atoms with Crippen molar-refractivity contribution < 1.29 is 19.3 Å². The maximum Gasteiger partial charge on any atom is 0.363 e. The minimum Gasteiger partial charge on any atom is -0.453 e. The molecule has 0 unspecified atom stereocenters. The number of aromatic nitrogens is 5. The fraction of sp³-hybridized carbons (Fsp3) is 0.316. The molecule has 0 fully saturated rings. The lowest BCUT2D eigenvalue weighted by molar-refractivity contribution is -0.389. The molecule has 11 nitrogen and oxygen atoms in total. The topological polar surface area (TPSA) is 135 Å². The van der Waals surface area contributed by atoms with E-state index in [1.807, 2.05) is 6.92 Å². The van der Waals surface area contributed by atoms with Crippen LogP contribution in [-0.2, 0) is 4.79 Å². The molecule has 3 rings (SSSR count). The monoisotopic (exact) mass is 412 g/mol. The highest BCUT2D eigenvalue weighted by atomic mass is 16.7. The first kappa shape index (κ1) is 20.8. The molecule has 0 N–H and O–H groups in total. The molecule has 30 heavy (non-hydrogen) atoms. The van der Waals surface area contributed by atoms with Crippen molar-refractivity contribution in [2.24, 2.45) is 5.41 Å². The first-order chi connectivity index (χ1) is 14.2. The molecule has 0 aliphatic carbocycles. The van der Waals surface area contributed by atoms with Crippen molar-refractivity contribution in [2.75, 3.05) is 0 Å². The predicted octanol–water partition coefficient (Wildman–Crippen LogP) is 3.14. The predicted molar refractivity (Wildman–Crippen MR) is 105 cm³/mol.